The highest BCUT2D eigenvalue weighted by atomic mass is 16.6. The second-order valence-electron chi connectivity index (χ2n) is 12.5. The number of carbonyl (C=O) groups excluding carboxylic acids is 1. The molecule has 2 heterocycles. The number of allylic oxidation sites excluding steroid dienone is 1. The van der Waals surface area contributed by atoms with Crippen LogP contribution in [-0.2, 0) is 9.53 Å². The first kappa shape index (κ1) is 19.2. The number of hydrogen-bond donors (Lipinski definition) is 0. The number of nitrogens with zero attached hydrogens (tertiary/aromatic N) is 1. The van der Waals surface area contributed by atoms with E-state index >= 15 is 0 Å². The molecule has 0 N–H and O–H groups in total. The van der Waals surface area contributed by atoms with Crippen LogP contribution in [0, 0.1) is 34.0 Å². The molecule has 0 aromatic rings. The second-order valence-corrected chi connectivity index (χ2v) is 12.5. The topological polar surface area (TPSA) is 29.5 Å². The average Bonchev–Trinajstić information content (AvgIpc) is 2.97. The molecule has 5 rings (SSSR count). The predicted octanol–water partition coefficient (Wildman–Crippen LogP) is 5.20. The van der Waals surface area contributed by atoms with Crippen LogP contribution >= 0.6 is 0 Å². The highest BCUT2D eigenvalue weighted by molar-refractivity contribution is 5.76. The zero-order valence-corrected chi connectivity index (χ0v) is 18.6. The van der Waals surface area contributed by atoms with Crippen molar-refractivity contribution in [2.24, 2.45) is 34.0 Å². The van der Waals surface area contributed by atoms with E-state index in [1.165, 1.54) is 38.5 Å². The molecule has 2 saturated heterocycles. The summed E-state index contributed by atoms with van der Waals surface area (Å²) in [5.41, 5.74) is 2.75. The first-order valence-electron chi connectivity index (χ1n) is 11.7. The Morgan fingerprint density at radius 1 is 1.18 bits per heavy atom. The average molecular weight is 386 g/mol. The van der Waals surface area contributed by atoms with E-state index in [0.717, 1.165) is 19.5 Å². The first-order valence-corrected chi connectivity index (χ1v) is 11.7. The van der Waals surface area contributed by atoms with E-state index in [0.29, 0.717) is 28.7 Å². The van der Waals surface area contributed by atoms with Gasteiger partial charge in [0.15, 0.2) is 0 Å². The highest BCUT2D eigenvalue weighted by Gasteiger charge is 2.55. The fraction of sp³-hybridized carbons (Fsp3) is 0.880. The Hall–Kier alpha value is -0.830. The van der Waals surface area contributed by atoms with Crippen molar-refractivity contribution < 1.29 is 9.53 Å². The summed E-state index contributed by atoms with van der Waals surface area (Å²) < 4.78 is 6.00. The Morgan fingerprint density at radius 2 is 1.96 bits per heavy atom. The summed E-state index contributed by atoms with van der Waals surface area (Å²) in [6.45, 7) is 14.2. The van der Waals surface area contributed by atoms with E-state index in [9.17, 15) is 4.79 Å². The highest BCUT2D eigenvalue weighted by Crippen LogP contribution is 2.56. The molecule has 7 atom stereocenters. The molecule has 3 nitrogen and oxygen atoms in total. The van der Waals surface area contributed by atoms with Crippen molar-refractivity contribution in [3.8, 4) is 0 Å². The Bertz CT molecular complexity index is 711. The minimum Gasteiger partial charge on any atom is -0.461 e. The number of rotatable bonds is 2. The van der Waals surface area contributed by atoms with Gasteiger partial charge in [0.25, 0.3) is 0 Å². The molecular formula is C25H39NO2. The number of likely N-dealkylation sites (tertiary alicyclic amines) is 1. The summed E-state index contributed by atoms with van der Waals surface area (Å²) in [4.78, 5) is 15.6. The third-order valence-corrected chi connectivity index (χ3v) is 9.04. The van der Waals surface area contributed by atoms with Gasteiger partial charge in [0.2, 0.25) is 0 Å². The lowest BCUT2D eigenvalue weighted by atomic mass is 9.59. The Kier molecular flexibility index (Phi) is 4.17. The SMILES string of the molecule is C[C@H]1CCC[C@]2(C)C[C@H]3OC(=O)[C@H](CN4C[C@@]5(C)C[C@H]4CC(C)(C)C5)[C@H]3C=C12. The predicted molar refractivity (Wildman–Crippen MR) is 112 cm³/mol. The number of hydrogen-bond acceptors (Lipinski definition) is 3. The van der Waals surface area contributed by atoms with Crippen LogP contribution in [0.15, 0.2) is 11.6 Å². The molecule has 28 heavy (non-hydrogen) atoms. The monoisotopic (exact) mass is 385 g/mol. The van der Waals surface area contributed by atoms with Crippen LogP contribution < -0.4 is 0 Å². The van der Waals surface area contributed by atoms with Crippen LogP contribution in [0.4, 0.5) is 0 Å². The summed E-state index contributed by atoms with van der Waals surface area (Å²) in [5, 5.41) is 0. The molecule has 0 aromatic carbocycles. The van der Waals surface area contributed by atoms with Crippen LogP contribution in [-0.4, -0.2) is 36.1 Å². The maximum atomic E-state index is 12.9. The maximum Gasteiger partial charge on any atom is 0.311 e. The van der Waals surface area contributed by atoms with Gasteiger partial charge in [0.1, 0.15) is 6.10 Å². The zero-order valence-electron chi connectivity index (χ0n) is 18.6. The third-order valence-electron chi connectivity index (χ3n) is 9.04. The van der Waals surface area contributed by atoms with Crippen molar-refractivity contribution in [3.63, 3.8) is 0 Å². The third kappa shape index (κ3) is 2.99. The largest absolute Gasteiger partial charge is 0.461 e. The van der Waals surface area contributed by atoms with Gasteiger partial charge in [0.05, 0.1) is 5.92 Å². The van der Waals surface area contributed by atoms with Gasteiger partial charge in [-0.05, 0) is 60.7 Å². The Labute approximate surface area is 171 Å². The van der Waals surface area contributed by atoms with Crippen molar-refractivity contribution in [2.45, 2.75) is 91.7 Å². The van der Waals surface area contributed by atoms with Crippen LogP contribution in [0.3, 0.4) is 0 Å². The van der Waals surface area contributed by atoms with Gasteiger partial charge in [-0.15, -0.1) is 0 Å². The van der Waals surface area contributed by atoms with Gasteiger partial charge in [-0.2, -0.15) is 0 Å². The van der Waals surface area contributed by atoms with Crippen LogP contribution in [0.2, 0.25) is 0 Å². The lowest BCUT2D eigenvalue weighted by molar-refractivity contribution is -0.145. The quantitative estimate of drug-likeness (QED) is 0.483. The van der Waals surface area contributed by atoms with Gasteiger partial charge >= 0.3 is 5.97 Å². The van der Waals surface area contributed by atoms with Crippen molar-refractivity contribution in [2.75, 3.05) is 13.1 Å². The smallest absolute Gasteiger partial charge is 0.311 e. The summed E-state index contributed by atoms with van der Waals surface area (Å²) in [6.07, 6.45) is 11.5. The number of carbonyl (C=O) groups is 1. The molecule has 0 spiro atoms. The number of fused-ring (bicyclic) bond motifs is 4. The summed E-state index contributed by atoms with van der Waals surface area (Å²) in [6, 6.07) is 0.649. The molecular weight excluding hydrogens is 346 g/mol. The lowest BCUT2D eigenvalue weighted by Gasteiger charge is -2.46. The first-order chi connectivity index (χ1) is 13.1. The molecule has 4 fully saturated rings. The molecule has 5 aliphatic rings. The van der Waals surface area contributed by atoms with Gasteiger partial charge in [-0.25, -0.2) is 0 Å². The Morgan fingerprint density at radius 3 is 2.75 bits per heavy atom. The van der Waals surface area contributed by atoms with Crippen LogP contribution in [0.1, 0.15) is 79.6 Å². The fourth-order valence-corrected chi connectivity index (χ4v) is 8.30. The molecule has 2 saturated carbocycles. The number of ether oxygens (including phenoxy) is 1. The van der Waals surface area contributed by atoms with E-state index in [1.54, 1.807) is 5.57 Å². The molecule has 2 bridgehead atoms. The Balaban J connectivity index is 1.39. The molecule has 3 aliphatic carbocycles. The van der Waals surface area contributed by atoms with Crippen LogP contribution in [0.25, 0.3) is 0 Å². The molecule has 0 aromatic heterocycles. The second kappa shape index (κ2) is 6.09. The van der Waals surface area contributed by atoms with Crippen molar-refractivity contribution >= 4 is 5.97 Å². The maximum absolute atomic E-state index is 12.9. The van der Waals surface area contributed by atoms with E-state index in [-0.39, 0.29) is 23.4 Å². The standard InChI is InChI=1S/C25H39NO2/c1-16-7-6-8-25(5)12-21-18(9-20(16)25)19(22(27)28-21)13-26-15-24(4)11-17(26)10-23(2,3)14-24/h9,16-19,21H,6-8,10-15H2,1-5H3/t16-,17+,18+,19+,21+,24-,25+/m0/s1. The number of esters is 1. The minimum atomic E-state index is 0.0437. The van der Waals surface area contributed by atoms with Gasteiger partial charge in [0, 0.05) is 25.0 Å². The zero-order chi connectivity index (χ0) is 19.9. The van der Waals surface area contributed by atoms with E-state index in [4.69, 9.17) is 4.74 Å². The molecule has 0 amide bonds. The van der Waals surface area contributed by atoms with Crippen molar-refractivity contribution in [1.29, 1.82) is 0 Å². The van der Waals surface area contributed by atoms with Crippen molar-refractivity contribution in [3.05, 3.63) is 11.6 Å². The normalized spacial score (nSPS) is 50.0. The minimum absolute atomic E-state index is 0.0437. The summed E-state index contributed by atoms with van der Waals surface area (Å²) in [5.74, 6) is 1.09. The van der Waals surface area contributed by atoms with Crippen molar-refractivity contribution in [1.82, 2.24) is 4.90 Å². The van der Waals surface area contributed by atoms with Gasteiger partial charge in [-0.3, -0.25) is 9.69 Å². The van der Waals surface area contributed by atoms with Crippen LogP contribution in [0.5, 0.6) is 0 Å². The molecule has 156 valence electrons. The summed E-state index contributed by atoms with van der Waals surface area (Å²) in [7, 11) is 0. The molecule has 0 radical (unpaired) electrons. The van der Waals surface area contributed by atoms with E-state index in [1.807, 2.05) is 0 Å². The van der Waals surface area contributed by atoms with E-state index < -0.39 is 0 Å². The fourth-order valence-electron chi connectivity index (χ4n) is 8.30. The van der Waals surface area contributed by atoms with Gasteiger partial charge in [-0.1, -0.05) is 52.7 Å². The molecule has 2 aliphatic heterocycles. The summed E-state index contributed by atoms with van der Waals surface area (Å²) >= 11 is 0. The lowest BCUT2D eigenvalue weighted by Crippen LogP contribution is -2.42. The van der Waals surface area contributed by atoms with Gasteiger partial charge < -0.3 is 4.74 Å². The molecule has 0 unspecified atom stereocenters. The van der Waals surface area contributed by atoms with E-state index in [2.05, 4.69) is 45.6 Å². The molecule has 3 heteroatoms.